The molecule has 0 fully saturated rings. The molecule has 0 unspecified atom stereocenters. The van der Waals surface area contributed by atoms with Crippen molar-refractivity contribution in [2.75, 3.05) is 7.05 Å². The van der Waals surface area contributed by atoms with Gasteiger partial charge in [-0.2, -0.15) is 5.10 Å². The minimum absolute atomic E-state index is 0.246. The van der Waals surface area contributed by atoms with Gasteiger partial charge in [0.2, 0.25) is 0 Å². The lowest BCUT2D eigenvalue weighted by atomic mass is 10.2. The molecule has 0 aliphatic heterocycles. The van der Waals surface area contributed by atoms with Crippen molar-refractivity contribution < 1.29 is 18.7 Å². The van der Waals surface area contributed by atoms with E-state index in [9.17, 15) is 14.0 Å². The van der Waals surface area contributed by atoms with E-state index in [0.29, 0.717) is 16.3 Å². The number of halogens is 2. The fourth-order valence-electron chi connectivity index (χ4n) is 1.79. The Morgan fingerprint density at radius 2 is 1.92 bits per heavy atom. The Morgan fingerprint density at radius 3 is 2.56 bits per heavy atom. The van der Waals surface area contributed by atoms with Crippen LogP contribution in [0.5, 0.6) is 5.75 Å². The summed E-state index contributed by atoms with van der Waals surface area (Å²) in [5.74, 6) is -1.52. The van der Waals surface area contributed by atoms with Crippen molar-refractivity contribution in [2.24, 2.45) is 5.10 Å². The quantitative estimate of drug-likeness (QED) is 0.486. The molecule has 0 aliphatic rings. The highest BCUT2D eigenvalue weighted by Crippen LogP contribution is 2.25. The Hall–Kier alpha value is -2.93. The topological polar surface area (TPSA) is 79.8 Å². The second-order valence-corrected chi connectivity index (χ2v) is 5.29. The third kappa shape index (κ3) is 5.58. The summed E-state index contributed by atoms with van der Waals surface area (Å²) < 4.78 is 18.4. The number of carbonyl (C=O) groups is 2. The predicted molar refractivity (Wildman–Crippen MR) is 92.0 cm³/mol. The normalized spacial score (nSPS) is 10.5. The standard InChI is InChI=1S/C17H15ClFN3O3/c1-20-16(23)17(24)22-21-9-12-4-7-15(14(18)8-12)25-10-11-2-5-13(19)6-3-11/h2-9H,10H2,1H3,(H,20,23)(H,22,24)/b21-9-. The Labute approximate surface area is 148 Å². The average molecular weight is 364 g/mol. The van der Waals surface area contributed by atoms with Crippen molar-refractivity contribution in [1.29, 1.82) is 0 Å². The lowest BCUT2D eigenvalue weighted by Gasteiger charge is -2.08. The second-order valence-electron chi connectivity index (χ2n) is 4.88. The molecule has 0 aromatic heterocycles. The third-order valence-corrected chi connectivity index (χ3v) is 3.37. The molecule has 0 bridgehead atoms. The second kappa shape index (κ2) is 8.79. The molecule has 0 radical (unpaired) electrons. The molecule has 0 saturated heterocycles. The maximum atomic E-state index is 12.9. The van der Waals surface area contributed by atoms with Crippen molar-refractivity contribution in [3.63, 3.8) is 0 Å². The molecular weight excluding hydrogens is 349 g/mol. The Kier molecular flexibility index (Phi) is 6.47. The summed E-state index contributed by atoms with van der Waals surface area (Å²) in [6, 6.07) is 10.9. The number of rotatable bonds is 5. The first-order valence-electron chi connectivity index (χ1n) is 7.21. The Bertz CT molecular complexity index is 794. The van der Waals surface area contributed by atoms with Gasteiger partial charge in [0.15, 0.2) is 0 Å². The molecule has 8 heteroatoms. The number of nitrogens with zero attached hydrogens (tertiary/aromatic N) is 1. The van der Waals surface area contributed by atoms with E-state index in [-0.39, 0.29) is 12.4 Å². The summed E-state index contributed by atoms with van der Waals surface area (Å²) in [4.78, 5) is 22.2. The van der Waals surface area contributed by atoms with Gasteiger partial charge in [-0.25, -0.2) is 9.82 Å². The molecule has 2 aromatic carbocycles. The van der Waals surface area contributed by atoms with Gasteiger partial charge in [0, 0.05) is 7.05 Å². The predicted octanol–water partition coefficient (Wildman–Crippen LogP) is 2.25. The average Bonchev–Trinajstić information content (AvgIpc) is 2.61. The first-order valence-corrected chi connectivity index (χ1v) is 7.59. The number of carbonyl (C=O) groups excluding carboxylic acids is 2. The van der Waals surface area contributed by atoms with E-state index in [1.54, 1.807) is 30.3 Å². The third-order valence-electron chi connectivity index (χ3n) is 3.08. The van der Waals surface area contributed by atoms with Crippen LogP contribution in [0.4, 0.5) is 4.39 Å². The molecule has 6 nitrogen and oxygen atoms in total. The number of likely N-dealkylation sites (N-methyl/N-ethyl adjacent to an activating group) is 1. The molecule has 2 aromatic rings. The van der Waals surface area contributed by atoms with Crippen molar-refractivity contribution >= 4 is 29.6 Å². The van der Waals surface area contributed by atoms with Crippen molar-refractivity contribution in [2.45, 2.75) is 6.61 Å². The number of ether oxygens (including phenoxy) is 1. The van der Waals surface area contributed by atoms with E-state index >= 15 is 0 Å². The molecule has 25 heavy (non-hydrogen) atoms. The lowest BCUT2D eigenvalue weighted by Crippen LogP contribution is -2.35. The molecule has 0 spiro atoms. The summed E-state index contributed by atoms with van der Waals surface area (Å²) in [7, 11) is 1.34. The summed E-state index contributed by atoms with van der Waals surface area (Å²) >= 11 is 6.14. The van der Waals surface area contributed by atoms with Gasteiger partial charge in [-0.15, -0.1) is 0 Å². The van der Waals surface area contributed by atoms with Crippen LogP contribution < -0.4 is 15.5 Å². The van der Waals surface area contributed by atoms with E-state index < -0.39 is 11.8 Å². The first-order chi connectivity index (χ1) is 12.0. The van der Waals surface area contributed by atoms with Crippen LogP contribution in [0, 0.1) is 5.82 Å². The zero-order valence-corrected chi connectivity index (χ0v) is 14.0. The van der Waals surface area contributed by atoms with Crippen molar-refractivity contribution in [3.8, 4) is 5.75 Å². The summed E-state index contributed by atoms with van der Waals surface area (Å²) in [6.07, 6.45) is 1.34. The highest BCUT2D eigenvalue weighted by atomic mass is 35.5. The number of hydrogen-bond donors (Lipinski definition) is 2. The molecule has 0 heterocycles. The Morgan fingerprint density at radius 1 is 1.20 bits per heavy atom. The minimum atomic E-state index is -0.871. The van der Waals surface area contributed by atoms with Crippen LogP contribution in [0.25, 0.3) is 0 Å². The number of benzene rings is 2. The monoisotopic (exact) mass is 363 g/mol. The number of nitrogens with one attached hydrogen (secondary N) is 2. The van der Waals surface area contributed by atoms with Gasteiger partial charge in [-0.3, -0.25) is 9.59 Å². The number of hydrazone groups is 1. The van der Waals surface area contributed by atoms with E-state index in [1.807, 2.05) is 0 Å². The van der Waals surface area contributed by atoms with Gasteiger partial charge in [0.05, 0.1) is 11.2 Å². The fourth-order valence-corrected chi connectivity index (χ4v) is 2.03. The van der Waals surface area contributed by atoms with Gasteiger partial charge >= 0.3 is 11.8 Å². The summed E-state index contributed by atoms with van der Waals surface area (Å²) in [5, 5.41) is 6.19. The molecule has 0 aliphatic carbocycles. The van der Waals surface area contributed by atoms with E-state index in [1.165, 1.54) is 25.4 Å². The SMILES string of the molecule is CNC(=O)C(=O)N/N=C\c1ccc(OCc2ccc(F)cc2)c(Cl)c1. The molecule has 2 rings (SSSR count). The fraction of sp³-hybridized carbons (Fsp3) is 0.118. The van der Waals surface area contributed by atoms with Crippen LogP contribution in [0.1, 0.15) is 11.1 Å². The van der Waals surface area contributed by atoms with Crippen LogP contribution in [0.3, 0.4) is 0 Å². The van der Waals surface area contributed by atoms with Crippen LogP contribution in [-0.2, 0) is 16.2 Å². The van der Waals surface area contributed by atoms with Gasteiger partial charge < -0.3 is 10.1 Å². The molecule has 2 N–H and O–H groups in total. The maximum absolute atomic E-state index is 12.9. The van der Waals surface area contributed by atoms with Gasteiger partial charge in [-0.1, -0.05) is 23.7 Å². The maximum Gasteiger partial charge on any atom is 0.329 e. The van der Waals surface area contributed by atoms with Crippen LogP contribution in [0.15, 0.2) is 47.6 Å². The van der Waals surface area contributed by atoms with Crippen LogP contribution in [-0.4, -0.2) is 25.1 Å². The molecular formula is C17H15ClFN3O3. The van der Waals surface area contributed by atoms with Gasteiger partial charge in [0.1, 0.15) is 18.2 Å². The highest BCUT2D eigenvalue weighted by Gasteiger charge is 2.09. The van der Waals surface area contributed by atoms with Crippen LogP contribution in [0.2, 0.25) is 5.02 Å². The highest BCUT2D eigenvalue weighted by molar-refractivity contribution is 6.35. The van der Waals surface area contributed by atoms with Gasteiger partial charge in [0.25, 0.3) is 0 Å². The van der Waals surface area contributed by atoms with E-state index in [4.69, 9.17) is 16.3 Å². The zero-order valence-electron chi connectivity index (χ0n) is 13.3. The van der Waals surface area contributed by atoms with Gasteiger partial charge in [-0.05, 0) is 41.5 Å². The summed E-state index contributed by atoms with van der Waals surface area (Å²) in [5.41, 5.74) is 3.49. The Balaban J connectivity index is 1.94. The molecule has 0 saturated carbocycles. The van der Waals surface area contributed by atoms with Crippen molar-refractivity contribution in [3.05, 3.63) is 64.4 Å². The van der Waals surface area contributed by atoms with E-state index in [0.717, 1.165) is 5.56 Å². The minimum Gasteiger partial charge on any atom is -0.487 e. The van der Waals surface area contributed by atoms with Crippen LogP contribution >= 0.6 is 11.6 Å². The lowest BCUT2D eigenvalue weighted by molar-refractivity contribution is -0.138. The van der Waals surface area contributed by atoms with E-state index in [2.05, 4.69) is 15.8 Å². The first kappa shape index (κ1) is 18.4. The zero-order chi connectivity index (χ0) is 18.2. The largest absolute Gasteiger partial charge is 0.487 e. The van der Waals surface area contributed by atoms with Crippen molar-refractivity contribution in [1.82, 2.24) is 10.7 Å². The summed E-state index contributed by atoms with van der Waals surface area (Å²) in [6.45, 7) is 0.246. The smallest absolute Gasteiger partial charge is 0.329 e. The number of hydrogen-bond acceptors (Lipinski definition) is 4. The molecule has 0 atom stereocenters. The molecule has 130 valence electrons. The molecule has 2 amide bonds. The number of amides is 2.